The van der Waals surface area contributed by atoms with Crippen molar-refractivity contribution < 1.29 is 18.0 Å². The molecule has 2 rings (SSSR count). The van der Waals surface area contributed by atoms with Crippen molar-refractivity contribution in [2.45, 2.75) is 78.9 Å². The van der Waals surface area contributed by atoms with Gasteiger partial charge in [-0.1, -0.05) is 55.8 Å². The number of benzene rings is 2. The number of hydrogen-bond donors (Lipinski definition) is 1. The average molecular weight is 550 g/mol. The van der Waals surface area contributed by atoms with E-state index in [-0.39, 0.29) is 37.4 Å². The molecule has 7 nitrogen and oxygen atoms in total. The van der Waals surface area contributed by atoms with E-state index >= 15 is 0 Å². The third kappa shape index (κ3) is 8.75. The Morgan fingerprint density at radius 3 is 2.32 bits per heavy atom. The van der Waals surface area contributed by atoms with Crippen molar-refractivity contribution in [3.63, 3.8) is 0 Å². The summed E-state index contributed by atoms with van der Waals surface area (Å²) in [6.45, 7) is 9.92. The SMILES string of the molecule is CC[C@H](C(=O)N[C@@H](C)CC)N(Cc1ccccc1Cl)C(=O)CCCN(c1cc(C)ccc1C)S(C)(=O)=O. The van der Waals surface area contributed by atoms with Gasteiger partial charge < -0.3 is 10.2 Å². The maximum absolute atomic E-state index is 13.5. The van der Waals surface area contributed by atoms with E-state index in [0.29, 0.717) is 23.6 Å². The van der Waals surface area contributed by atoms with Gasteiger partial charge in [0.1, 0.15) is 6.04 Å². The minimum absolute atomic E-state index is 0.0142. The number of hydrogen-bond acceptors (Lipinski definition) is 4. The van der Waals surface area contributed by atoms with Crippen LogP contribution in [0, 0.1) is 13.8 Å². The van der Waals surface area contributed by atoms with Crippen molar-refractivity contribution in [3.05, 3.63) is 64.2 Å². The largest absolute Gasteiger partial charge is 0.352 e. The molecule has 204 valence electrons. The van der Waals surface area contributed by atoms with Gasteiger partial charge in [-0.15, -0.1) is 0 Å². The van der Waals surface area contributed by atoms with E-state index in [1.807, 2.05) is 71.0 Å². The Hall–Kier alpha value is -2.58. The molecule has 0 aliphatic carbocycles. The number of sulfonamides is 1. The average Bonchev–Trinajstić information content (AvgIpc) is 2.83. The number of carbonyl (C=O) groups excluding carboxylic acids is 2. The number of amides is 2. The van der Waals surface area contributed by atoms with Crippen LogP contribution in [0.5, 0.6) is 0 Å². The molecule has 0 unspecified atom stereocenters. The van der Waals surface area contributed by atoms with Crippen LogP contribution in [-0.2, 0) is 26.2 Å². The van der Waals surface area contributed by atoms with E-state index in [4.69, 9.17) is 11.6 Å². The molecule has 0 saturated carbocycles. The van der Waals surface area contributed by atoms with Gasteiger partial charge in [-0.3, -0.25) is 13.9 Å². The van der Waals surface area contributed by atoms with Crippen LogP contribution in [0.2, 0.25) is 5.02 Å². The van der Waals surface area contributed by atoms with Gasteiger partial charge >= 0.3 is 0 Å². The monoisotopic (exact) mass is 549 g/mol. The molecule has 0 heterocycles. The van der Waals surface area contributed by atoms with E-state index in [1.165, 1.54) is 10.6 Å². The second-order valence-corrected chi connectivity index (χ2v) is 11.9. The molecule has 1 N–H and O–H groups in total. The number of rotatable bonds is 13. The zero-order chi connectivity index (χ0) is 27.8. The number of nitrogens with one attached hydrogen (secondary N) is 1. The zero-order valence-corrected chi connectivity index (χ0v) is 24.3. The molecule has 0 aliphatic heterocycles. The predicted octanol–water partition coefficient (Wildman–Crippen LogP) is 5.23. The molecule has 2 atom stereocenters. The molecule has 0 spiro atoms. The van der Waals surface area contributed by atoms with Crippen LogP contribution >= 0.6 is 11.6 Å². The summed E-state index contributed by atoms with van der Waals surface area (Å²) in [5.74, 6) is -0.425. The van der Waals surface area contributed by atoms with E-state index in [2.05, 4.69) is 5.32 Å². The summed E-state index contributed by atoms with van der Waals surface area (Å²) in [4.78, 5) is 28.2. The van der Waals surface area contributed by atoms with Crippen molar-refractivity contribution in [3.8, 4) is 0 Å². The van der Waals surface area contributed by atoms with Gasteiger partial charge in [0, 0.05) is 30.6 Å². The van der Waals surface area contributed by atoms with Crippen LogP contribution in [0.1, 0.15) is 63.1 Å². The number of halogens is 1. The molecule has 0 bridgehead atoms. The lowest BCUT2D eigenvalue weighted by Gasteiger charge is -2.32. The van der Waals surface area contributed by atoms with Gasteiger partial charge in [-0.05, 0) is 68.9 Å². The number of carbonyl (C=O) groups is 2. The van der Waals surface area contributed by atoms with Crippen molar-refractivity contribution in [2.24, 2.45) is 0 Å². The van der Waals surface area contributed by atoms with Crippen LogP contribution in [-0.4, -0.2) is 50.0 Å². The Morgan fingerprint density at radius 1 is 1.05 bits per heavy atom. The summed E-state index contributed by atoms with van der Waals surface area (Å²) in [5, 5.41) is 3.51. The Balaban J connectivity index is 2.27. The molecular weight excluding hydrogens is 510 g/mol. The van der Waals surface area contributed by atoms with Crippen molar-refractivity contribution in [1.82, 2.24) is 10.2 Å². The molecule has 0 saturated heterocycles. The van der Waals surface area contributed by atoms with Crippen LogP contribution in [0.25, 0.3) is 0 Å². The maximum Gasteiger partial charge on any atom is 0.243 e. The number of anilines is 1. The summed E-state index contributed by atoms with van der Waals surface area (Å²) in [6.07, 6.45) is 2.79. The summed E-state index contributed by atoms with van der Waals surface area (Å²) < 4.78 is 26.6. The predicted molar refractivity (Wildman–Crippen MR) is 151 cm³/mol. The molecule has 0 fully saturated rings. The normalized spacial score (nSPS) is 13.1. The van der Waals surface area contributed by atoms with Crippen LogP contribution in [0.3, 0.4) is 0 Å². The van der Waals surface area contributed by atoms with E-state index in [1.54, 1.807) is 11.0 Å². The Kier molecular flexibility index (Phi) is 11.4. The summed E-state index contributed by atoms with van der Waals surface area (Å²) in [7, 11) is -3.55. The molecule has 0 aromatic heterocycles. The summed E-state index contributed by atoms with van der Waals surface area (Å²) in [5.41, 5.74) is 3.16. The number of nitrogens with zero attached hydrogens (tertiary/aromatic N) is 2. The molecule has 0 aliphatic rings. The van der Waals surface area contributed by atoms with Crippen molar-refractivity contribution >= 4 is 39.1 Å². The van der Waals surface area contributed by atoms with Crippen molar-refractivity contribution in [1.29, 1.82) is 0 Å². The quantitative estimate of drug-likeness (QED) is 0.371. The van der Waals surface area contributed by atoms with Gasteiger partial charge in [0.15, 0.2) is 0 Å². The standard InChI is InChI=1S/C28H40ClN3O4S/c1-7-22(5)30-28(34)25(8-2)31(19-23-12-9-10-13-24(23)29)27(33)14-11-17-32(37(6,35)36)26-18-20(3)15-16-21(26)4/h9-10,12-13,15-16,18,22,25H,7-8,11,14,17,19H2,1-6H3,(H,30,34)/t22-,25+/m0/s1. The fourth-order valence-electron chi connectivity index (χ4n) is 4.14. The first-order chi connectivity index (χ1) is 17.4. The van der Waals surface area contributed by atoms with Gasteiger partial charge in [0.2, 0.25) is 21.8 Å². The lowest BCUT2D eigenvalue weighted by molar-refractivity contribution is -0.141. The molecule has 2 amide bonds. The highest BCUT2D eigenvalue weighted by Gasteiger charge is 2.30. The Labute approximate surface area is 227 Å². The second kappa shape index (κ2) is 13.8. The molecule has 0 radical (unpaired) electrons. The van der Waals surface area contributed by atoms with E-state index in [9.17, 15) is 18.0 Å². The minimum atomic E-state index is -3.55. The van der Waals surface area contributed by atoms with E-state index in [0.717, 1.165) is 23.1 Å². The van der Waals surface area contributed by atoms with Gasteiger partial charge in [-0.25, -0.2) is 8.42 Å². The van der Waals surface area contributed by atoms with Gasteiger partial charge in [-0.2, -0.15) is 0 Å². The molecule has 9 heteroatoms. The van der Waals surface area contributed by atoms with Crippen LogP contribution in [0.4, 0.5) is 5.69 Å². The fourth-order valence-corrected chi connectivity index (χ4v) is 5.35. The smallest absolute Gasteiger partial charge is 0.243 e. The summed E-state index contributed by atoms with van der Waals surface area (Å²) >= 11 is 6.39. The summed E-state index contributed by atoms with van der Waals surface area (Å²) in [6, 6.07) is 12.3. The molecular formula is C28H40ClN3O4S. The Morgan fingerprint density at radius 2 is 1.73 bits per heavy atom. The van der Waals surface area contributed by atoms with Gasteiger partial charge in [0.25, 0.3) is 0 Å². The highest BCUT2D eigenvalue weighted by Crippen LogP contribution is 2.25. The van der Waals surface area contributed by atoms with E-state index < -0.39 is 16.1 Å². The highest BCUT2D eigenvalue weighted by molar-refractivity contribution is 7.92. The van der Waals surface area contributed by atoms with Crippen molar-refractivity contribution in [2.75, 3.05) is 17.1 Å². The lowest BCUT2D eigenvalue weighted by Crippen LogP contribution is -2.50. The lowest BCUT2D eigenvalue weighted by atomic mass is 10.1. The fraction of sp³-hybridized carbons (Fsp3) is 0.500. The molecule has 2 aromatic rings. The van der Waals surface area contributed by atoms with Gasteiger partial charge in [0.05, 0.1) is 11.9 Å². The molecule has 2 aromatic carbocycles. The second-order valence-electron chi connectivity index (χ2n) is 9.58. The maximum atomic E-state index is 13.5. The zero-order valence-electron chi connectivity index (χ0n) is 22.8. The molecule has 37 heavy (non-hydrogen) atoms. The first-order valence-corrected chi connectivity index (χ1v) is 15.0. The minimum Gasteiger partial charge on any atom is -0.352 e. The highest BCUT2D eigenvalue weighted by atomic mass is 35.5. The van der Waals surface area contributed by atoms with Crippen LogP contribution in [0.15, 0.2) is 42.5 Å². The topological polar surface area (TPSA) is 86.8 Å². The number of aryl methyl sites for hydroxylation is 2. The third-order valence-electron chi connectivity index (χ3n) is 6.47. The van der Waals surface area contributed by atoms with Crippen LogP contribution < -0.4 is 9.62 Å². The Bertz CT molecular complexity index is 1190. The first-order valence-electron chi connectivity index (χ1n) is 12.8. The third-order valence-corrected chi connectivity index (χ3v) is 8.02. The first kappa shape index (κ1) is 30.6.